The van der Waals surface area contributed by atoms with Crippen LogP contribution in [0.1, 0.15) is 41.7 Å². The van der Waals surface area contributed by atoms with Crippen molar-refractivity contribution in [2.24, 2.45) is 0 Å². The maximum atomic E-state index is 13.0. The van der Waals surface area contributed by atoms with Crippen molar-refractivity contribution >= 4 is 5.91 Å². The smallest absolute Gasteiger partial charge is 0.251 e. The van der Waals surface area contributed by atoms with Gasteiger partial charge in [0.15, 0.2) is 0 Å². The van der Waals surface area contributed by atoms with Crippen molar-refractivity contribution in [1.82, 2.24) is 29.6 Å². The lowest BCUT2D eigenvalue weighted by atomic mass is 10.1. The summed E-state index contributed by atoms with van der Waals surface area (Å²) in [5.41, 5.74) is 4.13. The zero-order chi connectivity index (χ0) is 20.5. The Morgan fingerprint density at radius 3 is 2.83 bits per heavy atom. The van der Waals surface area contributed by atoms with Crippen LogP contribution in [0.3, 0.4) is 0 Å². The lowest BCUT2D eigenvalue weighted by Crippen LogP contribution is -2.35. The molecule has 4 heterocycles. The Kier molecular flexibility index (Phi) is 5.00. The standard InChI is InChI=1S/C21H24N6O2/c1-13-14(2)25-27(15(13)3)12-20(29)26-9-5-7-18(26)21-23-17(10-19(28)24-21)16-6-4-8-22-11-16/h4,6,8,10-11,18H,5,7,9,12H2,1-3H3,(H,23,24,28). The summed E-state index contributed by atoms with van der Waals surface area (Å²) >= 11 is 0. The highest BCUT2D eigenvalue weighted by Gasteiger charge is 2.32. The first-order valence-electron chi connectivity index (χ1n) is 9.76. The van der Waals surface area contributed by atoms with Crippen LogP contribution >= 0.6 is 0 Å². The summed E-state index contributed by atoms with van der Waals surface area (Å²) in [6, 6.07) is 4.88. The topological polar surface area (TPSA) is 96.8 Å². The molecule has 1 aliphatic heterocycles. The van der Waals surface area contributed by atoms with Gasteiger partial charge in [0.1, 0.15) is 12.4 Å². The number of amides is 1. The van der Waals surface area contributed by atoms with E-state index in [0.717, 1.165) is 35.4 Å². The molecule has 0 aliphatic carbocycles. The second-order valence-electron chi connectivity index (χ2n) is 7.46. The summed E-state index contributed by atoms with van der Waals surface area (Å²) in [5.74, 6) is 0.499. The molecule has 0 aromatic carbocycles. The van der Waals surface area contributed by atoms with Crippen molar-refractivity contribution < 1.29 is 4.79 Å². The highest BCUT2D eigenvalue weighted by atomic mass is 16.2. The van der Waals surface area contributed by atoms with E-state index in [2.05, 4.69) is 20.1 Å². The molecule has 1 aliphatic rings. The Morgan fingerprint density at radius 2 is 2.14 bits per heavy atom. The Labute approximate surface area is 168 Å². The van der Waals surface area contributed by atoms with Gasteiger partial charge < -0.3 is 9.88 Å². The molecule has 4 rings (SSSR count). The number of carbonyl (C=O) groups excluding carboxylic acids is 1. The lowest BCUT2D eigenvalue weighted by molar-refractivity contribution is -0.133. The molecule has 150 valence electrons. The molecule has 1 amide bonds. The SMILES string of the molecule is Cc1nn(CC(=O)N2CCCC2c2nc(-c3cccnc3)cc(=O)[nH]2)c(C)c1C. The second kappa shape index (κ2) is 7.62. The molecular formula is C21H24N6O2. The van der Waals surface area contributed by atoms with Crippen LogP contribution in [0, 0.1) is 20.8 Å². The molecular weight excluding hydrogens is 368 g/mol. The summed E-state index contributed by atoms with van der Waals surface area (Å²) in [4.78, 5) is 38.7. The first kappa shape index (κ1) is 19.0. The number of carbonyl (C=O) groups is 1. The van der Waals surface area contributed by atoms with Gasteiger partial charge in [-0.3, -0.25) is 19.3 Å². The molecule has 0 bridgehead atoms. The van der Waals surface area contributed by atoms with Gasteiger partial charge in [0, 0.05) is 36.3 Å². The van der Waals surface area contributed by atoms with Gasteiger partial charge in [-0.15, -0.1) is 0 Å². The molecule has 0 saturated carbocycles. The number of hydrogen-bond donors (Lipinski definition) is 1. The van der Waals surface area contributed by atoms with Crippen molar-refractivity contribution in [2.45, 2.75) is 46.2 Å². The summed E-state index contributed by atoms with van der Waals surface area (Å²) < 4.78 is 1.75. The maximum absolute atomic E-state index is 13.0. The normalized spacial score (nSPS) is 16.4. The van der Waals surface area contributed by atoms with Crippen LogP contribution < -0.4 is 5.56 Å². The largest absolute Gasteiger partial charge is 0.331 e. The fourth-order valence-electron chi connectivity index (χ4n) is 3.81. The average molecular weight is 392 g/mol. The monoisotopic (exact) mass is 392 g/mol. The van der Waals surface area contributed by atoms with E-state index in [1.807, 2.05) is 26.8 Å². The van der Waals surface area contributed by atoms with E-state index in [1.165, 1.54) is 6.07 Å². The van der Waals surface area contributed by atoms with Crippen molar-refractivity contribution in [1.29, 1.82) is 0 Å². The number of rotatable bonds is 4. The molecule has 8 nitrogen and oxygen atoms in total. The van der Waals surface area contributed by atoms with Crippen LogP contribution in [0.5, 0.6) is 0 Å². The molecule has 8 heteroatoms. The van der Waals surface area contributed by atoms with Gasteiger partial charge in [-0.2, -0.15) is 5.10 Å². The minimum absolute atomic E-state index is 0.0208. The fourth-order valence-corrected chi connectivity index (χ4v) is 3.81. The van der Waals surface area contributed by atoms with Gasteiger partial charge in [-0.1, -0.05) is 0 Å². The number of hydrogen-bond acceptors (Lipinski definition) is 5. The molecule has 3 aromatic heterocycles. The van der Waals surface area contributed by atoms with Crippen molar-refractivity contribution in [3.63, 3.8) is 0 Å². The molecule has 1 unspecified atom stereocenters. The van der Waals surface area contributed by atoms with E-state index >= 15 is 0 Å². The van der Waals surface area contributed by atoms with Gasteiger partial charge in [0.25, 0.3) is 5.56 Å². The minimum Gasteiger partial charge on any atom is -0.331 e. The summed E-state index contributed by atoms with van der Waals surface area (Å²) in [7, 11) is 0. The molecule has 1 atom stereocenters. The van der Waals surface area contributed by atoms with Crippen molar-refractivity contribution in [3.8, 4) is 11.3 Å². The highest BCUT2D eigenvalue weighted by molar-refractivity contribution is 5.76. The third-order valence-corrected chi connectivity index (χ3v) is 5.63. The summed E-state index contributed by atoms with van der Waals surface area (Å²) in [6.45, 7) is 6.75. The van der Waals surface area contributed by atoms with Crippen LogP contribution in [0.4, 0.5) is 0 Å². The Hall–Kier alpha value is -3.29. The van der Waals surface area contributed by atoms with Crippen LogP contribution in [0.15, 0.2) is 35.4 Å². The Balaban J connectivity index is 1.61. The number of nitrogens with one attached hydrogen (secondary N) is 1. The summed E-state index contributed by atoms with van der Waals surface area (Å²) in [6.07, 6.45) is 4.98. The van der Waals surface area contributed by atoms with Crippen LogP contribution in [-0.2, 0) is 11.3 Å². The second-order valence-corrected chi connectivity index (χ2v) is 7.46. The zero-order valence-corrected chi connectivity index (χ0v) is 16.8. The molecule has 3 aromatic rings. The Bertz CT molecular complexity index is 1100. The highest BCUT2D eigenvalue weighted by Crippen LogP contribution is 2.30. The van der Waals surface area contributed by atoms with Crippen molar-refractivity contribution in [2.75, 3.05) is 6.54 Å². The van der Waals surface area contributed by atoms with E-state index in [-0.39, 0.29) is 24.1 Å². The minimum atomic E-state index is -0.245. The predicted octanol–water partition coefficient (Wildman–Crippen LogP) is 2.32. The number of likely N-dealkylation sites (tertiary alicyclic amines) is 1. The quantitative estimate of drug-likeness (QED) is 0.735. The molecule has 0 spiro atoms. The molecule has 29 heavy (non-hydrogen) atoms. The third-order valence-electron chi connectivity index (χ3n) is 5.63. The van der Waals surface area contributed by atoms with Gasteiger partial charge in [-0.05, 0) is 51.3 Å². The van der Waals surface area contributed by atoms with E-state index in [1.54, 1.807) is 28.0 Å². The van der Waals surface area contributed by atoms with Gasteiger partial charge in [0.2, 0.25) is 5.91 Å². The van der Waals surface area contributed by atoms with Crippen molar-refractivity contribution in [3.05, 3.63) is 63.7 Å². The maximum Gasteiger partial charge on any atom is 0.251 e. The van der Waals surface area contributed by atoms with E-state index in [9.17, 15) is 9.59 Å². The van der Waals surface area contributed by atoms with Gasteiger partial charge >= 0.3 is 0 Å². The predicted molar refractivity (Wildman–Crippen MR) is 108 cm³/mol. The third kappa shape index (κ3) is 3.70. The number of H-pyrrole nitrogens is 1. The molecule has 1 N–H and O–H groups in total. The van der Waals surface area contributed by atoms with E-state index < -0.39 is 0 Å². The van der Waals surface area contributed by atoms with E-state index in [0.29, 0.717) is 18.1 Å². The Morgan fingerprint density at radius 1 is 1.31 bits per heavy atom. The first-order chi connectivity index (χ1) is 13.9. The number of pyridine rings is 1. The number of aromatic amines is 1. The molecule has 0 radical (unpaired) electrons. The number of aryl methyl sites for hydroxylation is 1. The summed E-state index contributed by atoms with van der Waals surface area (Å²) in [5, 5.41) is 4.48. The molecule has 1 saturated heterocycles. The lowest BCUT2D eigenvalue weighted by Gasteiger charge is -2.24. The van der Waals surface area contributed by atoms with E-state index in [4.69, 9.17) is 0 Å². The average Bonchev–Trinajstić information content (AvgIpc) is 3.30. The number of nitrogens with zero attached hydrogens (tertiary/aromatic N) is 5. The molecule has 1 fully saturated rings. The van der Waals surface area contributed by atoms with Crippen LogP contribution in [0.2, 0.25) is 0 Å². The van der Waals surface area contributed by atoms with Crippen LogP contribution in [0.25, 0.3) is 11.3 Å². The number of aromatic nitrogens is 5. The van der Waals surface area contributed by atoms with Crippen LogP contribution in [-0.4, -0.2) is 42.1 Å². The fraction of sp³-hybridized carbons (Fsp3) is 0.381. The van der Waals surface area contributed by atoms with Gasteiger partial charge in [-0.25, -0.2) is 4.98 Å². The zero-order valence-electron chi connectivity index (χ0n) is 16.8. The first-order valence-corrected chi connectivity index (χ1v) is 9.76. The van der Waals surface area contributed by atoms with Gasteiger partial charge in [0.05, 0.1) is 17.4 Å².